The first-order valence-electron chi connectivity index (χ1n) is 9.41. The molecule has 0 aromatic carbocycles. The van der Waals surface area contributed by atoms with Gasteiger partial charge in [0.15, 0.2) is 0 Å². The molecule has 1 amide bonds. The van der Waals surface area contributed by atoms with Crippen LogP contribution in [-0.4, -0.2) is 81.0 Å². The molecule has 0 radical (unpaired) electrons. The van der Waals surface area contributed by atoms with Crippen molar-refractivity contribution in [1.29, 1.82) is 0 Å². The monoisotopic (exact) mass is 354 g/mol. The molecule has 1 saturated carbocycles. The molecule has 2 aliphatic heterocycles. The van der Waals surface area contributed by atoms with Crippen LogP contribution < -0.4 is 0 Å². The predicted molar refractivity (Wildman–Crippen MR) is 91.2 cm³/mol. The Morgan fingerprint density at radius 3 is 2.28 bits per heavy atom. The Labute approximate surface area is 149 Å². The molecule has 7 heteroatoms. The molecule has 1 aliphatic carbocycles. The number of carbonyl (C=O) groups is 2. The van der Waals surface area contributed by atoms with Crippen molar-refractivity contribution in [2.45, 2.75) is 44.2 Å². The van der Waals surface area contributed by atoms with Gasteiger partial charge in [-0.15, -0.1) is 0 Å². The number of hydrogen-bond acceptors (Lipinski definition) is 6. The zero-order valence-corrected chi connectivity index (χ0v) is 15.3. The van der Waals surface area contributed by atoms with E-state index in [9.17, 15) is 9.59 Å². The van der Waals surface area contributed by atoms with E-state index in [4.69, 9.17) is 14.2 Å². The van der Waals surface area contributed by atoms with Crippen molar-refractivity contribution in [1.82, 2.24) is 9.80 Å². The van der Waals surface area contributed by atoms with Gasteiger partial charge >= 0.3 is 12.1 Å². The number of methoxy groups -OCH3 is 2. The van der Waals surface area contributed by atoms with Gasteiger partial charge in [-0.2, -0.15) is 0 Å². The van der Waals surface area contributed by atoms with E-state index in [0.717, 1.165) is 13.1 Å². The van der Waals surface area contributed by atoms with Gasteiger partial charge in [0.1, 0.15) is 6.04 Å². The van der Waals surface area contributed by atoms with E-state index < -0.39 is 12.1 Å². The van der Waals surface area contributed by atoms with Crippen molar-refractivity contribution in [3.8, 4) is 0 Å². The summed E-state index contributed by atoms with van der Waals surface area (Å²) in [5.74, 6) is 0.477. The van der Waals surface area contributed by atoms with Crippen LogP contribution in [0.5, 0.6) is 0 Å². The lowest BCUT2D eigenvalue weighted by atomic mass is 9.76. The molecule has 25 heavy (non-hydrogen) atoms. The number of rotatable bonds is 3. The van der Waals surface area contributed by atoms with Gasteiger partial charge in [-0.05, 0) is 11.8 Å². The van der Waals surface area contributed by atoms with Gasteiger partial charge in [0.2, 0.25) is 0 Å². The van der Waals surface area contributed by atoms with Gasteiger partial charge in [-0.25, -0.2) is 9.59 Å². The first kappa shape index (κ1) is 18.5. The van der Waals surface area contributed by atoms with Gasteiger partial charge in [0, 0.05) is 25.7 Å². The summed E-state index contributed by atoms with van der Waals surface area (Å²) >= 11 is 0. The number of hydrogen-bond donors (Lipinski definition) is 0. The smallest absolute Gasteiger partial charge is 0.410 e. The summed E-state index contributed by atoms with van der Waals surface area (Å²) in [6.45, 7) is 3.48. The second-order valence-electron chi connectivity index (χ2n) is 7.29. The van der Waals surface area contributed by atoms with Crippen LogP contribution in [-0.2, 0) is 19.0 Å². The Balaban J connectivity index is 1.90. The maximum atomic E-state index is 12.6. The number of carbonyl (C=O) groups excluding carboxylic acids is 2. The van der Waals surface area contributed by atoms with E-state index in [1.165, 1.54) is 46.3 Å². The van der Waals surface area contributed by atoms with E-state index in [2.05, 4.69) is 4.90 Å². The fraction of sp³-hybridized carbons (Fsp3) is 0.889. The quantitative estimate of drug-likeness (QED) is 0.716. The highest BCUT2D eigenvalue weighted by Crippen LogP contribution is 2.40. The number of morpholine rings is 1. The molecule has 3 atom stereocenters. The van der Waals surface area contributed by atoms with Crippen LogP contribution in [0.3, 0.4) is 0 Å². The second-order valence-corrected chi connectivity index (χ2v) is 7.29. The van der Waals surface area contributed by atoms with Crippen molar-refractivity contribution >= 4 is 12.1 Å². The Morgan fingerprint density at radius 1 is 1.00 bits per heavy atom. The third-order valence-corrected chi connectivity index (χ3v) is 6.08. The molecule has 7 nitrogen and oxygen atoms in total. The number of nitrogens with zero attached hydrogens (tertiary/aromatic N) is 2. The molecule has 0 N–H and O–H groups in total. The number of ether oxygens (including phenoxy) is 3. The van der Waals surface area contributed by atoms with Crippen molar-refractivity contribution < 1.29 is 23.8 Å². The van der Waals surface area contributed by atoms with Gasteiger partial charge in [0.25, 0.3) is 0 Å². The summed E-state index contributed by atoms with van der Waals surface area (Å²) in [6.07, 6.45) is 5.66. The average molecular weight is 354 g/mol. The lowest BCUT2D eigenvalue weighted by Crippen LogP contribution is -2.56. The largest absolute Gasteiger partial charge is 0.467 e. The molecule has 3 aliphatic rings. The maximum absolute atomic E-state index is 12.6. The highest BCUT2D eigenvalue weighted by atomic mass is 16.5. The van der Waals surface area contributed by atoms with Gasteiger partial charge in [-0.3, -0.25) is 9.80 Å². The lowest BCUT2D eigenvalue weighted by molar-refractivity contribution is -0.148. The SMILES string of the molecule is COC(=O)C1C(N2CCOCC2)C(C2CCCCC2)CN1C(=O)OC. The highest BCUT2D eigenvalue weighted by Gasteiger charge is 2.53. The van der Waals surface area contributed by atoms with E-state index in [-0.39, 0.29) is 17.9 Å². The molecule has 0 aromatic rings. The first-order chi connectivity index (χ1) is 12.2. The minimum absolute atomic E-state index is 0.0152. The summed E-state index contributed by atoms with van der Waals surface area (Å²) in [5.41, 5.74) is 0. The van der Waals surface area contributed by atoms with E-state index in [0.29, 0.717) is 25.7 Å². The highest BCUT2D eigenvalue weighted by molar-refractivity contribution is 5.83. The van der Waals surface area contributed by atoms with Crippen molar-refractivity contribution in [3.05, 3.63) is 0 Å². The maximum Gasteiger partial charge on any atom is 0.410 e. The Kier molecular flexibility index (Phi) is 6.17. The van der Waals surface area contributed by atoms with Gasteiger partial charge in [-0.1, -0.05) is 32.1 Å². The molecular weight excluding hydrogens is 324 g/mol. The summed E-state index contributed by atoms with van der Waals surface area (Å²) in [4.78, 5) is 28.9. The molecule has 3 rings (SSSR count). The molecule has 2 saturated heterocycles. The normalized spacial score (nSPS) is 31.8. The van der Waals surface area contributed by atoms with Crippen LogP contribution in [0.25, 0.3) is 0 Å². The van der Waals surface area contributed by atoms with Gasteiger partial charge < -0.3 is 14.2 Å². The molecule has 3 unspecified atom stereocenters. The second kappa shape index (κ2) is 8.36. The summed E-state index contributed by atoms with van der Waals surface area (Å²) in [7, 11) is 2.76. The van der Waals surface area contributed by atoms with Crippen LogP contribution in [0.4, 0.5) is 4.79 Å². The Hall–Kier alpha value is -1.34. The van der Waals surface area contributed by atoms with Crippen molar-refractivity contribution in [2.24, 2.45) is 11.8 Å². The molecule has 0 bridgehead atoms. The molecule has 0 spiro atoms. The lowest BCUT2D eigenvalue weighted by Gasteiger charge is -2.40. The first-order valence-corrected chi connectivity index (χ1v) is 9.41. The zero-order chi connectivity index (χ0) is 17.8. The zero-order valence-electron chi connectivity index (χ0n) is 15.3. The third-order valence-electron chi connectivity index (χ3n) is 6.08. The molecule has 0 aromatic heterocycles. The van der Waals surface area contributed by atoms with Crippen LogP contribution in [0, 0.1) is 11.8 Å². The summed E-state index contributed by atoms with van der Waals surface area (Å²) in [5, 5.41) is 0. The van der Waals surface area contributed by atoms with Crippen LogP contribution in [0.2, 0.25) is 0 Å². The predicted octanol–water partition coefficient (Wildman–Crippen LogP) is 1.51. The number of amides is 1. The Morgan fingerprint density at radius 2 is 1.68 bits per heavy atom. The Bertz CT molecular complexity index is 474. The molecule has 3 fully saturated rings. The topological polar surface area (TPSA) is 68.3 Å². The summed E-state index contributed by atoms with van der Waals surface area (Å²) in [6, 6.07) is -0.610. The molecular formula is C18H30N2O5. The van der Waals surface area contributed by atoms with Crippen molar-refractivity contribution in [3.63, 3.8) is 0 Å². The third kappa shape index (κ3) is 3.77. The van der Waals surface area contributed by atoms with E-state index in [1.54, 1.807) is 4.90 Å². The number of esters is 1. The van der Waals surface area contributed by atoms with Gasteiger partial charge in [0.05, 0.1) is 27.4 Å². The van der Waals surface area contributed by atoms with E-state index in [1.807, 2.05) is 0 Å². The van der Waals surface area contributed by atoms with Crippen LogP contribution in [0.1, 0.15) is 32.1 Å². The number of likely N-dealkylation sites (tertiary alicyclic amines) is 1. The molecule has 2 heterocycles. The fourth-order valence-electron chi connectivity index (χ4n) is 4.90. The fourth-order valence-corrected chi connectivity index (χ4v) is 4.90. The minimum atomic E-state index is -0.595. The van der Waals surface area contributed by atoms with Crippen molar-refractivity contribution in [2.75, 3.05) is 47.1 Å². The summed E-state index contributed by atoms with van der Waals surface area (Å²) < 4.78 is 15.5. The average Bonchev–Trinajstić information content (AvgIpc) is 3.08. The standard InChI is InChI=1S/C18H30N2O5/c1-23-17(21)16-15(19-8-10-25-11-9-19)14(12-20(16)18(22)24-2)13-6-4-3-5-7-13/h13-16H,3-12H2,1-2H3. The van der Waals surface area contributed by atoms with Crippen LogP contribution in [0.15, 0.2) is 0 Å². The minimum Gasteiger partial charge on any atom is -0.467 e. The van der Waals surface area contributed by atoms with Crippen LogP contribution >= 0.6 is 0 Å². The molecule has 142 valence electrons. The van der Waals surface area contributed by atoms with E-state index >= 15 is 0 Å².